The summed E-state index contributed by atoms with van der Waals surface area (Å²) in [6.07, 6.45) is 2.59. The van der Waals surface area contributed by atoms with E-state index in [9.17, 15) is 9.59 Å². The van der Waals surface area contributed by atoms with Crippen LogP contribution in [0.25, 0.3) is 0 Å². The van der Waals surface area contributed by atoms with E-state index in [2.05, 4.69) is 10.3 Å². The number of amidine groups is 1. The number of fused-ring (bicyclic) bond motifs is 1. The van der Waals surface area contributed by atoms with Crippen LogP contribution in [0.2, 0.25) is 5.02 Å². The lowest BCUT2D eigenvalue weighted by atomic mass is 9.93. The number of carbonyl (C=O) groups excluding carboxylic acids is 2. The molecule has 0 spiro atoms. The van der Waals surface area contributed by atoms with Crippen LogP contribution in [0.5, 0.6) is 0 Å². The molecule has 0 unspecified atom stereocenters. The summed E-state index contributed by atoms with van der Waals surface area (Å²) in [5.41, 5.74) is 2.15. The molecule has 170 valence electrons. The number of benzene rings is 1. The third-order valence-corrected chi connectivity index (χ3v) is 6.57. The minimum Gasteiger partial charge on any atom is -0.456 e. The number of carbonyl (C=O) groups is 2. The molecule has 4 rings (SSSR count). The van der Waals surface area contributed by atoms with Crippen LogP contribution in [0.3, 0.4) is 0 Å². The molecule has 1 amide bonds. The minimum absolute atomic E-state index is 0.0232. The van der Waals surface area contributed by atoms with Crippen molar-refractivity contribution in [3.8, 4) is 0 Å². The van der Waals surface area contributed by atoms with Gasteiger partial charge in [0.15, 0.2) is 5.17 Å². The van der Waals surface area contributed by atoms with Crippen LogP contribution in [0.15, 0.2) is 51.6 Å². The highest BCUT2D eigenvalue weighted by molar-refractivity contribution is 8.16. The maximum Gasteiger partial charge on any atom is 0.338 e. The lowest BCUT2D eigenvalue weighted by Gasteiger charge is -2.37. The van der Waals surface area contributed by atoms with Crippen molar-refractivity contribution in [1.29, 1.82) is 0 Å². The molecule has 3 aliphatic rings. The molecular weight excluding hydrogens is 446 g/mol. The highest BCUT2D eigenvalue weighted by atomic mass is 35.5. The largest absolute Gasteiger partial charge is 0.456 e. The second-order valence-electron chi connectivity index (χ2n) is 9.37. The summed E-state index contributed by atoms with van der Waals surface area (Å²) in [6.45, 7) is 8.08. The van der Waals surface area contributed by atoms with Crippen molar-refractivity contribution in [1.82, 2.24) is 10.2 Å². The summed E-state index contributed by atoms with van der Waals surface area (Å²) in [4.78, 5) is 32.6. The average molecular weight is 474 g/mol. The van der Waals surface area contributed by atoms with E-state index in [1.54, 1.807) is 12.1 Å². The molecule has 0 radical (unpaired) electrons. The molecular formula is C24H28ClN3O3S. The number of esters is 1. The third kappa shape index (κ3) is 5.21. The maximum atomic E-state index is 13.3. The first-order valence-electron chi connectivity index (χ1n) is 10.8. The Morgan fingerprint density at radius 2 is 1.94 bits per heavy atom. The molecule has 2 aliphatic heterocycles. The Bertz CT molecular complexity index is 1020. The highest BCUT2D eigenvalue weighted by Crippen LogP contribution is 2.45. The zero-order valence-electron chi connectivity index (χ0n) is 18.8. The van der Waals surface area contributed by atoms with Gasteiger partial charge in [0.25, 0.3) is 0 Å². The van der Waals surface area contributed by atoms with E-state index in [0.717, 1.165) is 23.0 Å². The van der Waals surface area contributed by atoms with Gasteiger partial charge in [0.05, 0.1) is 23.7 Å². The van der Waals surface area contributed by atoms with E-state index < -0.39 is 17.6 Å². The Balaban J connectivity index is 1.67. The molecule has 6 nitrogen and oxygen atoms in total. The van der Waals surface area contributed by atoms with Crippen molar-refractivity contribution >= 4 is 40.4 Å². The molecule has 0 aromatic heterocycles. The fourth-order valence-electron chi connectivity index (χ4n) is 3.73. The zero-order valence-corrected chi connectivity index (χ0v) is 20.3. The fourth-order valence-corrected chi connectivity index (χ4v) is 4.82. The topological polar surface area (TPSA) is 71.0 Å². The number of thioether (sulfide) groups is 1. The highest BCUT2D eigenvalue weighted by Gasteiger charge is 2.41. The summed E-state index contributed by atoms with van der Waals surface area (Å²) in [6, 6.07) is 6.97. The van der Waals surface area contributed by atoms with E-state index in [0.29, 0.717) is 22.2 Å². The number of nitrogens with zero attached hydrogens (tertiary/aromatic N) is 2. The second kappa shape index (κ2) is 8.94. The van der Waals surface area contributed by atoms with E-state index >= 15 is 0 Å². The number of nitrogens with one attached hydrogen (secondary N) is 1. The number of hydrogen-bond acceptors (Lipinski definition) is 6. The van der Waals surface area contributed by atoms with E-state index in [1.165, 1.54) is 24.6 Å². The van der Waals surface area contributed by atoms with Crippen LogP contribution in [-0.2, 0) is 14.3 Å². The summed E-state index contributed by atoms with van der Waals surface area (Å²) in [5, 5.41) is 6.34. The number of ether oxygens (including phenoxy) is 1. The van der Waals surface area contributed by atoms with Gasteiger partial charge in [0, 0.05) is 17.3 Å². The van der Waals surface area contributed by atoms with Gasteiger partial charge in [-0.1, -0.05) is 35.5 Å². The summed E-state index contributed by atoms with van der Waals surface area (Å²) in [7, 11) is 0. The van der Waals surface area contributed by atoms with Gasteiger partial charge in [-0.3, -0.25) is 4.79 Å². The number of allylic oxidation sites excluding steroid dienone is 1. The fraction of sp³-hybridized carbons (Fsp3) is 0.458. The molecule has 1 fully saturated rings. The second-order valence-corrected chi connectivity index (χ2v) is 10.6. The standard InChI is InChI=1S/C24H28ClN3O3S/c1-14-20(22(30)31-24(2,3)4)21(16-7-9-17(25)10-8-16)28-18(13-32-23(28)27-14)11-19(29)26-12-15-5-6-15/h7-10,13,15,21H,5-6,11-12H2,1-4H3,(H,26,29)/t21-/m0/s1. The zero-order chi connectivity index (χ0) is 23.0. The molecule has 1 aromatic carbocycles. The minimum atomic E-state index is -0.639. The first kappa shape index (κ1) is 22.9. The van der Waals surface area contributed by atoms with Gasteiger partial charge >= 0.3 is 5.97 Å². The third-order valence-electron chi connectivity index (χ3n) is 5.43. The van der Waals surface area contributed by atoms with Crippen LogP contribution in [0, 0.1) is 5.92 Å². The molecule has 2 heterocycles. The summed E-state index contributed by atoms with van der Waals surface area (Å²) in [5.74, 6) is 0.182. The van der Waals surface area contributed by atoms with Crippen LogP contribution in [0.1, 0.15) is 58.6 Å². The SMILES string of the molecule is CC1=C(C(=O)OC(C)(C)C)[C@H](c2ccc(Cl)cc2)N2C(CC(=O)NCC3CC3)=CSC2=N1. The molecule has 32 heavy (non-hydrogen) atoms. The van der Waals surface area contributed by atoms with Crippen LogP contribution in [0.4, 0.5) is 0 Å². The van der Waals surface area contributed by atoms with Gasteiger partial charge in [0.1, 0.15) is 5.60 Å². The van der Waals surface area contributed by atoms with E-state index in [4.69, 9.17) is 16.3 Å². The Labute approximate surface area is 198 Å². The first-order valence-corrected chi connectivity index (χ1v) is 12.1. The lowest BCUT2D eigenvalue weighted by Crippen LogP contribution is -2.39. The first-order chi connectivity index (χ1) is 15.1. The van der Waals surface area contributed by atoms with E-state index in [1.807, 2.05) is 50.1 Å². The normalized spacial score (nSPS) is 20.5. The van der Waals surface area contributed by atoms with Gasteiger partial charge in [-0.15, -0.1) is 0 Å². The summed E-state index contributed by atoms with van der Waals surface area (Å²) >= 11 is 7.60. The van der Waals surface area contributed by atoms with Gasteiger partial charge in [-0.2, -0.15) is 0 Å². The molecule has 1 N–H and O–H groups in total. The molecule has 1 saturated carbocycles. The van der Waals surface area contributed by atoms with E-state index in [-0.39, 0.29) is 12.3 Å². The molecule has 1 atom stereocenters. The predicted octanol–water partition coefficient (Wildman–Crippen LogP) is 5.17. The van der Waals surface area contributed by atoms with Gasteiger partial charge in [-0.05, 0) is 69.6 Å². The Morgan fingerprint density at radius 1 is 1.25 bits per heavy atom. The lowest BCUT2D eigenvalue weighted by molar-refractivity contribution is -0.150. The number of amides is 1. The molecule has 0 bridgehead atoms. The number of aliphatic imine (C=N–C) groups is 1. The van der Waals surface area contributed by atoms with Crippen LogP contribution < -0.4 is 5.32 Å². The Kier molecular flexibility index (Phi) is 6.41. The Morgan fingerprint density at radius 3 is 2.56 bits per heavy atom. The van der Waals surface area contributed by atoms with Gasteiger partial charge in [-0.25, -0.2) is 9.79 Å². The smallest absolute Gasteiger partial charge is 0.338 e. The monoisotopic (exact) mass is 473 g/mol. The number of halogens is 1. The Hall–Kier alpha value is -2.25. The maximum absolute atomic E-state index is 13.3. The predicted molar refractivity (Wildman–Crippen MR) is 128 cm³/mol. The van der Waals surface area contributed by atoms with Crippen molar-refractivity contribution in [3.05, 3.63) is 57.2 Å². The van der Waals surface area contributed by atoms with Gasteiger partial charge in [0.2, 0.25) is 5.91 Å². The number of hydrogen-bond donors (Lipinski definition) is 1. The van der Waals surface area contributed by atoms with Gasteiger partial charge < -0.3 is 15.0 Å². The molecule has 1 aromatic rings. The van der Waals surface area contributed by atoms with Crippen molar-refractivity contribution in [2.24, 2.45) is 10.9 Å². The van der Waals surface area contributed by atoms with Crippen molar-refractivity contribution in [2.45, 2.75) is 58.6 Å². The van der Waals surface area contributed by atoms with Crippen molar-refractivity contribution < 1.29 is 14.3 Å². The summed E-state index contributed by atoms with van der Waals surface area (Å²) < 4.78 is 5.74. The van der Waals surface area contributed by atoms with Crippen LogP contribution >= 0.6 is 23.4 Å². The van der Waals surface area contributed by atoms with Crippen LogP contribution in [-0.4, -0.2) is 34.1 Å². The number of rotatable bonds is 6. The van der Waals surface area contributed by atoms with Crippen molar-refractivity contribution in [3.63, 3.8) is 0 Å². The average Bonchev–Trinajstić information content (AvgIpc) is 3.46. The quantitative estimate of drug-likeness (QED) is 0.577. The van der Waals surface area contributed by atoms with Crippen molar-refractivity contribution in [2.75, 3.05) is 6.54 Å². The molecule has 1 aliphatic carbocycles. The molecule has 0 saturated heterocycles. The molecule has 8 heteroatoms.